The first-order valence-corrected chi connectivity index (χ1v) is 20.9. The van der Waals surface area contributed by atoms with Crippen LogP contribution >= 0.6 is 0 Å². The number of epoxide rings is 1. The number of aliphatic hydroxyl groups excluding tert-OH is 2. The fourth-order valence-corrected chi connectivity index (χ4v) is 13.0. The van der Waals surface area contributed by atoms with E-state index in [1.54, 1.807) is 31.2 Å². The standard InChI is InChI=1S/C44H58O13/c1-22(2)18-32(47)52-29-14-10-11-15-31(46)53-34-23(3)19-30-41(34,50)38(48)40(21-45)36(54-40)33-37-43(51,39(6,49)20-26-16-17-28(29)24(26)4)35-25(5)42(30,33)57-44(55-35,56-37)27-12-8-7-9-13-27/h7-15,22-26,28-30,33-38,45,48-51H,16-21H2,1-6H3/t23-,24-,25-,26+,28-,29-,30+,33?,34-,35-,36-,37+,38+,39+,40-,41+,42-,43-,44-/m0/s1. The van der Waals surface area contributed by atoms with Gasteiger partial charge in [0, 0.05) is 41.7 Å². The molecule has 1 aromatic carbocycles. The van der Waals surface area contributed by atoms with Crippen molar-refractivity contribution in [3.8, 4) is 0 Å². The highest BCUT2D eigenvalue weighted by Crippen LogP contribution is 2.75. The summed E-state index contributed by atoms with van der Waals surface area (Å²) in [5.41, 5.74) is -8.82. The van der Waals surface area contributed by atoms with Crippen LogP contribution in [0.5, 0.6) is 0 Å². The van der Waals surface area contributed by atoms with E-state index in [0.29, 0.717) is 18.4 Å². The van der Waals surface area contributed by atoms with Gasteiger partial charge in [-0.25, -0.2) is 4.79 Å². The highest BCUT2D eigenvalue weighted by atomic mass is 16.9. The first kappa shape index (κ1) is 39.7. The van der Waals surface area contributed by atoms with Gasteiger partial charge in [0.25, 0.3) is 0 Å². The number of allylic oxidation sites excluding steroid dienone is 2. The molecule has 1 aromatic rings. The Morgan fingerprint density at radius 1 is 0.965 bits per heavy atom. The molecule has 4 saturated heterocycles. The lowest BCUT2D eigenvalue weighted by Gasteiger charge is -2.74. The number of benzene rings is 1. The Hall–Kier alpha value is -2.72. The number of ether oxygens (including phenoxy) is 6. The van der Waals surface area contributed by atoms with Crippen molar-refractivity contribution in [3.05, 3.63) is 60.2 Å². The molecule has 8 fully saturated rings. The molecule has 0 radical (unpaired) electrons. The van der Waals surface area contributed by atoms with Crippen molar-refractivity contribution in [2.45, 2.75) is 144 Å². The summed E-state index contributed by atoms with van der Waals surface area (Å²) >= 11 is 0. The summed E-state index contributed by atoms with van der Waals surface area (Å²) in [5, 5.41) is 63.3. The van der Waals surface area contributed by atoms with Crippen LogP contribution in [-0.2, 0) is 44.0 Å². The first-order chi connectivity index (χ1) is 26.9. The largest absolute Gasteiger partial charge is 0.458 e. The van der Waals surface area contributed by atoms with E-state index >= 15 is 0 Å². The molecule has 13 heteroatoms. The molecule has 13 nitrogen and oxygen atoms in total. The molecule has 0 amide bonds. The molecular formula is C44H58O13. The van der Waals surface area contributed by atoms with Crippen molar-refractivity contribution >= 4 is 11.9 Å². The van der Waals surface area contributed by atoms with Crippen LogP contribution in [0.1, 0.15) is 79.2 Å². The van der Waals surface area contributed by atoms with E-state index in [1.807, 2.05) is 45.9 Å². The van der Waals surface area contributed by atoms with E-state index in [9.17, 15) is 35.1 Å². The van der Waals surface area contributed by atoms with Gasteiger partial charge in [-0.1, -0.05) is 77.1 Å². The van der Waals surface area contributed by atoms with Crippen molar-refractivity contribution in [2.75, 3.05) is 6.61 Å². The molecule has 1 unspecified atom stereocenters. The molecule has 5 N–H and O–H groups in total. The number of esters is 2. The van der Waals surface area contributed by atoms with Gasteiger partial charge in [0.15, 0.2) is 0 Å². The van der Waals surface area contributed by atoms with Crippen molar-refractivity contribution < 1.29 is 63.5 Å². The summed E-state index contributed by atoms with van der Waals surface area (Å²) in [6, 6.07) is 9.04. The predicted molar refractivity (Wildman–Crippen MR) is 200 cm³/mol. The van der Waals surface area contributed by atoms with Crippen LogP contribution in [0.4, 0.5) is 0 Å². The van der Waals surface area contributed by atoms with Crippen LogP contribution in [0.25, 0.3) is 0 Å². The predicted octanol–water partition coefficient (Wildman–Crippen LogP) is 3.04. The fourth-order valence-electron chi connectivity index (χ4n) is 13.0. The monoisotopic (exact) mass is 794 g/mol. The molecule has 312 valence electrons. The Labute approximate surface area is 333 Å². The number of hydrogen-bond acceptors (Lipinski definition) is 13. The molecule has 0 aromatic heterocycles. The highest BCUT2D eigenvalue weighted by molar-refractivity contribution is 5.82. The van der Waals surface area contributed by atoms with Crippen LogP contribution in [0, 0.1) is 47.3 Å². The van der Waals surface area contributed by atoms with Crippen LogP contribution in [0.15, 0.2) is 54.6 Å². The maximum atomic E-state index is 13.7. The van der Waals surface area contributed by atoms with Gasteiger partial charge >= 0.3 is 17.9 Å². The van der Waals surface area contributed by atoms with Gasteiger partial charge in [-0.3, -0.25) is 4.79 Å². The number of fused-ring (bicyclic) bond motifs is 3. The Morgan fingerprint density at radius 3 is 2.39 bits per heavy atom. The third kappa shape index (κ3) is 5.26. The van der Waals surface area contributed by atoms with Gasteiger partial charge < -0.3 is 54.0 Å². The second-order valence-corrected chi connectivity index (χ2v) is 19.3. The Bertz CT molecular complexity index is 1830. The molecule has 5 heterocycles. The van der Waals surface area contributed by atoms with E-state index in [-0.39, 0.29) is 48.9 Å². The number of carbonyl (C=O) groups is 2. The normalized spacial score (nSPS) is 53.3. The van der Waals surface area contributed by atoms with Gasteiger partial charge in [-0.2, -0.15) is 0 Å². The molecule has 1 spiro atoms. The summed E-state index contributed by atoms with van der Waals surface area (Å²) in [6.45, 7) is 10.6. The summed E-state index contributed by atoms with van der Waals surface area (Å²) in [7, 11) is 0. The zero-order chi connectivity index (χ0) is 40.7. The SMILES string of the molecule is CC(C)CC(=O)O[C@H]1C=CC=CC(=O)O[C@H]2[C@@H](C)C[C@H]3[C@]45O[C@]6(c7ccccc7)O[C@H](C4[C@@H]4O[C@]4(CO)[C@@H](O)[C@]23O)[C@@](O)([C@@H](O6)[C@@H]5C)[C@](C)(O)C[C@H]2CC[C@H]1[C@H]2C. The third-order valence-corrected chi connectivity index (χ3v) is 15.8. The average molecular weight is 795 g/mol. The molecule has 57 heavy (non-hydrogen) atoms. The molecule has 4 saturated carbocycles. The van der Waals surface area contributed by atoms with Crippen molar-refractivity contribution in [2.24, 2.45) is 47.3 Å². The lowest BCUT2D eigenvalue weighted by molar-refractivity contribution is -0.595. The molecular weight excluding hydrogens is 736 g/mol. The van der Waals surface area contributed by atoms with E-state index in [2.05, 4.69) is 6.92 Å². The van der Waals surface area contributed by atoms with E-state index in [1.165, 1.54) is 12.2 Å². The molecule has 19 atom stereocenters. The average Bonchev–Trinajstić information content (AvgIpc) is 3.72. The third-order valence-electron chi connectivity index (χ3n) is 15.8. The minimum atomic E-state index is -2.21. The lowest BCUT2D eigenvalue weighted by Crippen LogP contribution is -2.89. The van der Waals surface area contributed by atoms with Gasteiger partial charge in [0.2, 0.25) is 0 Å². The van der Waals surface area contributed by atoms with Crippen LogP contribution in [0.2, 0.25) is 0 Å². The fraction of sp³-hybridized carbons (Fsp3) is 0.727. The van der Waals surface area contributed by atoms with E-state index in [0.717, 1.165) is 0 Å². The second kappa shape index (κ2) is 13.1. The topological polar surface area (TPSA) is 194 Å². The minimum Gasteiger partial charge on any atom is -0.458 e. The molecule has 11 bridgehead atoms. The van der Waals surface area contributed by atoms with Gasteiger partial charge in [-0.15, -0.1) is 0 Å². The van der Waals surface area contributed by atoms with Crippen LogP contribution in [-0.4, -0.2) is 109 Å². The zero-order valence-electron chi connectivity index (χ0n) is 33.5. The second-order valence-electron chi connectivity index (χ2n) is 19.3. The molecule has 10 rings (SSSR count). The van der Waals surface area contributed by atoms with Crippen molar-refractivity contribution in [3.63, 3.8) is 0 Å². The number of carbonyl (C=O) groups excluding carboxylic acids is 2. The summed E-state index contributed by atoms with van der Waals surface area (Å²) in [4.78, 5) is 26.7. The summed E-state index contributed by atoms with van der Waals surface area (Å²) < 4.78 is 39.5. The van der Waals surface area contributed by atoms with E-state index < -0.39 is 107 Å². The maximum absolute atomic E-state index is 13.7. The zero-order valence-corrected chi connectivity index (χ0v) is 33.5. The lowest BCUT2D eigenvalue weighted by atomic mass is 9.49. The summed E-state index contributed by atoms with van der Waals surface area (Å²) in [5.74, 6) is -6.33. The maximum Gasteiger partial charge on any atom is 0.331 e. The number of rotatable bonds is 5. The molecule has 4 aliphatic carbocycles. The van der Waals surface area contributed by atoms with Crippen LogP contribution < -0.4 is 0 Å². The van der Waals surface area contributed by atoms with E-state index in [4.69, 9.17) is 28.4 Å². The number of hydrogen-bond donors (Lipinski definition) is 5. The highest BCUT2D eigenvalue weighted by Gasteiger charge is 2.91. The first-order valence-electron chi connectivity index (χ1n) is 20.9. The molecule has 5 aliphatic heterocycles. The van der Waals surface area contributed by atoms with Crippen LogP contribution in [0.3, 0.4) is 0 Å². The number of aliphatic hydroxyl groups is 5. The van der Waals surface area contributed by atoms with Gasteiger partial charge in [0.05, 0.1) is 17.8 Å². The smallest absolute Gasteiger partial charge is 0.331 e. The Morgan fingerprint density at radius 2 is 1.68 bits per heavy atom. The van der Waals surface area contributed by atoms with Gasteiger partial charge in [0.1, 0.15) is 53.4 Å². The van der Waals surface area contributed by atoms with Crippen molar-refractivity contribution in [1.82, 2.24) is 0 Å². The Balaban J connectivity index is 1.22. The summed E-state index contributed by atoms with van der Waals surface area (Å²) in [6.07, 6.45) is 1.15. The molecule has 9 aliphatic rings. The van der Waals surface area contributed by atoms with Gasteiger partial charge in [-0.05, 0) is 62.4 Å². The quantitative estimate of drug-likeness (QED) is 0.216. The minimum absolute atomic E-state index is 0.0620. The Kier molecular flexibility index (Phi) is 9.16. The van der Waals surface area contributed by atoms with Crippen molar-refractivity contribution in [1.29, 1.82) is 0 Å².